The number of methoxy groups -OCH3 is 1. The number of thioether (sulfide) groups is 1. The number of primary amides is 1. The highest BCUT2D eigenvalue weighted by molar-refractivity contribution is 7.98. The Labute approximate surface area is 150 Å². The van der Waals surface area contributed by atoms with E-state index in [1.54, 1.807) is 31.0 Å². The van der Waals surface area contributed by atoms with E-state index in [0.29, 0.717) is 11.3 Å². The van der Waals surface area contributed by atoms with Crippen LogP contribution in [0.5, 0.6) is 5.75 Å². The standard InChI is InChI=1S/C18H18N4O2S/c1-22-17(13-6-8-15(24-2)9-7-13)20-21-18(22)25-11-12-4-3-5-14(10-12)16(19)23/h3-10H,11H2,1-2H3,(H2,19,23). The van der Waals surface area contributed by atoms with Crippen LogP contribution in [0.2, 0.25) is 0 Å². The van der Waals surface area contributed by atoms with Crippen molar-refractivity contribution in [1.82, 2.24) is 14.8 Å². The van der Waals surface area contributed by atoms with Gasteiger partial charge in [-0.15, -0.1) is 10.2 Å². The zero-order chi connectivity index (χ0) is 17.8. The van der Waals surface area contributed by atoms with E-state index in [9.17, 15) is 4.79 Å². The van der Waals surface area contributed by atoms with Crippen molar-refractivity contribution < 1.29 is 9.53 Å². The fourth-order valence-corrected chi connectivity index (χ4v) is 3.25. The highest BCUT2D eigenvalue weighted by Crippen LogP contribution is 2.26. The van der Waals surface area contributed by atoms with Crippen molar-refractivity contribution >= 4 is 17.7 Å². The molecule has 1 amide bonds. The van der Waals surface area contributed by atoms with E-state index in [1.807, 2.05) is 48.0 Å². The SMILES string of the molecule is COc1ccc(-c2nnc(SCc3cccc(C(N)=O)c3)n2C)cc1. The Balaban J connectivity index is 1.75. The maximum absolute atomic E-state index is 11.3. The lowest BCUT2D eigenvalue weighted by atomic mass is 10.1. The molecule has 0 aliphatic carbocycles. The van der Waals surface area contributed by atoms with Crippen molar-refractivity contribution in [1.29, 1.82) is 0 Å². The zero-order valence-electron chi connectivity index (χ0n) is 14.0. The number of nitrogens with zero attached hydrogens (tertiary/aromatic N) is 3. The molecule has 1 aromatic heterocycles. The van der Waals surface area contributed by atoms with Crippen LogP contribution < -0.4 is 10.5 Å². The molecule has 1 heterocycles. The van der Waals surface area contributed by atoms with Gasteiger partial charge in [0.05, 0.1) is 7.11 Å². The van der Waals surface area contributed by atoms with Gasteiger partial charge in [-0.05, 0) is 42.0 Å². The van der Waals surface area contributed by atoms with E-state index in [1.165, 1.54) is 0 Å². The third kappa shape index (κ3) is 3.83. The summed E-state index contributed by atoms with van der Waals surface area (Å²) < 4.78 is 7.12. The summed E-state index contributed by atoms with van der Waals surface area (Å²) in [7, 11) is 3.57. The molecule has 0 atom stereocenters. The van der Waals surface area contributed by atoms with Gasteiger partial charge in [0.1, 0.15) is 5.75 Å². The number of carbonyl (C=O) groups is 1. The second kappa shape index (κ2) is 7.40. The molecule has 0 fully saturated rings. The minimum absolute atomic E-state index is 0.424. The molecule has 0 bridgehead atoms. The third-order valence-corrected chi connectivity index (χ3v) is 4.85. The highest BCUT2D eigenvalue weighted by Gasteiger charge is 2.12. The summed E-state index contributed by atoms with van der Waals surface area (Å²) in [5.74, 6) is 1.84. The van der Waals surface area contributed by atoms with Crippen molar-refractivity contribution in [3.63, 3.8) is 0 Å². The summed E-state index contributed by atoms with van der Waals surface area (Å²) in [5.41, 5.74) is 7.81. The predicted octanol–water partition coefficient (Wildman–Crippen LogP) is 2.88. The first kappa shape index (κ1) is 17.0. The summed E-state index contributed by atoms with van der Waals surface area (Å²) in [6, 6.07) is 15.0. The molecular formula is C18H18N4O2S. The number of hydrogen-bond donors (Lipinski definition) is 1. The van der Waals surface area contributed by atoms with Crippen molar-refractivity contribution in [3.8, 4) is 17.1 Å². The molecule has 0 aliphatic heterocycles. The van der Waals surface area contributed by atoms with E-state index in [-0.39, 0.29) is 0 Å². The van der Waals surface area contributed by atoms with Crippen LogP contribution in [0.1, 0.15) is 15.9 Å². The van der Waals surface area contributed by atoms with Crippen LogP contribution in [-0.2, 0) is 12.8 Å². The van der Waals surface area contributed by atoms with Gasteiger partial charge in [-0.25, -0.2) is 0 Å². The summed E-state index contributed by atoms with van der Waals surface area (Å²) >= 11 is 1.56. The van der Waals surface area contributed by atoms with Crippen molar-refractivity contribution in [2.75, 3.05) is 7.11 Å². The topological polar surface area (TPSA) is 83.0 Å². The van der Waals surface area contributed by atoms with Crippen LogP contribution >= 0.6 is 11.8 Å². The normalized spacial score (nSPS) is 10.6. The monoisotopic (exact) mass is 354 g/mol. The van der Waals surface area contributed by atoms with Crippen LogP contribution in [0.25, 0.3) is 11.4 Å². The maximum Gasteiger partial charge on any atom is 0.248 e. The Bertz CT molecular complexity index is 890. The molecule has 128 valence electrons. The average molecular weight is 354 g/mol. The van der Waals surface area contributed by atoms with Gasteiger partial charge >= 0.3 is 0 Å². The Morgan fingerprint density at radius 3 is 2.64 bits per heavy atom. The minimum Gasteiger partial charge on any atom is -0.497 e. The molecule has 7 heteroatoms. The van der Waals surface area contributed by atoms with Gasteiger partial charge in [-0.2, -0.15) is 0 Å². The quantitative estimate of drug-likeness (QED) is 0.688. The van der Waals surface area contributed by atoms with Crippen molar-refractivity contribution in [2.45, 2.75) is 10.9 Å². The Kier molecular flexibility index (Phi) is 5.04. The molecule has 25 heavy (non-hydrogen) atoms. The van der Waals surface area contributed by atoms with Gasteiger partial charge in [0.15, 0.2) is 11.0 Å². The minimum atomic E-state index is -0.424. The summed E-state index contributed by atoms with van der Waals surface area (Å²) in [6.45, 7) is 0. The number of rotatable bonds is 6. The smallest absolute Gasteiger partial charge is 0.248 e. The Morgan fingerprint density at radius 1 is 1.20 bits per heavy atom. The average Bonchev–Trinajstić information content (AvgIpc) is 3.01. The number of amides is 1. The van der Waals surface area contributed by atoms with E-state index >= 15 is 0 Å². The molecule has 0 aliphatic rings. The molecule has 3 aromatic rings. The van der Waals surface area contributed by atoms with Crippen LogP contribution in [0.4, 0.5) is 0 Å². The van der Waals surface area contributed by atoms with Crippen LogP contribution in [0.3, 0.4) is 0 Å². The summed E-state index contributed by atoms with van der Waals surface area (Å²) in [4.78, 5) is 11.3. The largest absolute Gasteiger partial charge is 0.497 e. The van der Waals surface area contributed by atoms with Gasteiger partial charge < -0.3 is 15.0 Å². The molecule has 2 aromatic carbocycles. The first-order valence-corrected chi connectivity index (χ1v) is 8.62. The lowest BCUT2D eigenvalue weighted by Crippen LogP contribution is -2.10. The number of hydrogen-bond acceptors (Lipinski definition) is 5. The molecule has 0 spiro atoms. The van der Waals surface area contributed by atoms with E-state index < -0.39 is 5.91 Å². The number of carbonyl (C=O) groups excluding carboxylic acids is 1. The van der Waals surface area contributed by atoms with E-state index in [0.717, 1.165) is 27.9 Å². The van der Waals surface area contributed by atoms with Gasteiger partial charge in [0.2, 0.25) is 5.91 Å². The second-order valence-corrected chi connectivity index (χ2v) is 6.39. The van der Waals surface area contributed by atoms with Crippen molar-refractivity contribution in [2.24, 2.45) is 12.8 Å². The van der Waals surface area contributed by atoms with Gasteiger partial charge in [0.25, 0.3) is 0 Å². The fourth-order valence-electron chi connectivity index (χ4n) is 2.39. The van der Waals surface area contributed by atoms with Crippen LogP contribution in [0, 0.1) is 0 Å². The maximum atomic E-state index is 11.3. The third-order valence-electron chi connectivity index (χ3n) is 3.76. The lowest BCUT2D eigenvalue weighted by Gasteiger charge is -2.06. The predicted molar refractivity (Wildman–Crippen MR) is 97.5 cm³/mol. The molecule has 0 unspecified atom stereocenters. The van der Waals surface area contributed by atoms with Crippen molar-refractivity contribution in [3.05, 3.63) is 59.7 Å². The first-order valence-electron chi connectivity index (χ1n) is 7.64. The summed E-state index contributed by atoms with van der Waals surface area (Å²) in [5, 5.41) is 9.34. The molecule has 3 rings (SSSR count). The Morgan fingerprint density at radius 2 is 1.96 bits per heavy atom. The molecule has 0 saturated carbocycles. The molecule has 2 N–H and O–H groups in total. The molecule has 0 radical (unpaired) electrons. The molecule has 0 saturated heterocycles. The number of ether oxygens (including phenoxy) is 1. The van der Waals surface area contributed by atoms with E-state index in [4.69, 9.17) is 10.5 Å². The van der Waals surface area contributed by atoms with Gasteiger partial charge in [0, 0.05) is 23.9 Å². The van der Waals surface area contributed by atoms with E-state index in [2.05, 4.69) is 10.2 Å². The zero-order valence-corrected chi connectivity index (χ0v) is 14.8. The number of benzene rings is 2. The molecular weight excluding hydrogens is 336 g/mol. The van der Waals surface area contributed by atoms with Gasteiger partial charge in [-0.3, -0.25) is 4.79 Å². The second-order valence-electron chi connectivity index (χ2n) is 5.45. The lowest BCUT2D eigenvalue weighted by molar-refractivity contribution is 0.1000. The van der Waals surface area contributed by atoms with Gasteiger partial charge in [-0.1, -0.05) is 23.9 Å². The summed E-state index contributed by atoms with van der Waals surface area (Å²) in [6.07, 6.45) is 0. The van der Waals surface area contributed by atoms with Crippen LogP contribution in [0.15, 0.2) is 53.7 Å². The first-order chi connectivity index (χ1) is 12.1. The highest BCUT2D eigenvalue weighted by atomic mass is 32.2. The number of nitrogens with two attached hydrogens (primary N) is 1. The Hall–Kier alpha value is -2.80. The fraction of sp³-hybridized carbons (Fsp3) is 0.167. The number of aromatic nitrogens is 3. The van der Waals surface area contributed by atoms with Crippen LogP contribution in [-0.4, -0.2) is 27.8 Å². The molecule has 6 nitrogen and oxygen atoms in total.